The zero-order chi connectivity index (χ0) is 8.08. The standard InChI is InChI=1S/CH2O3.K.H2O4S/c2-1(3)4;;1-5(2,3)4/h(H2,2,3,4);;(H2,1,2,3,4)/q;+1;/p-1. The molecular weight excluding hydrogens is 195 g/mol. The van der Waals surface area contributed by atoms with E-state index < -0.39 is 16.6 Å². The summed E-state index contributed by atoms with van der Waals surface area (Å²) in [5, 5.41) is 15.3. The molecular formula is CH3KO7S. The third kappa shape index (κ3) is 881. The zero-order valence-corrected chi connectivity index (χ0v) is 8.82. The van der Waals surface area contributed by atoms with Crippen molar-refractivity contribution >= 4 is 16.6 Å². The van der Waals surface area contributed by atoms with Crippen molar-refractivity contribution < 1.29 is 83.9 Å². The van der Waals surface area contributed by atoms with Gasteiger partial charge < -0.3 is 15.0 Å². The van der Waals surface area contributed by atoms with Crippen LogP contribution in [0.3, 0.4) is 0 Å². The van der Waals surface area contributed by atoms with Crippen LogP contribution in [0.4, 0.5) is 4.79 Å². The Kier molecular flexibility index (Phi) is 13.4. The minimum absolute atomic E-state index is 0. The first kappa shape index (κ1) is 17.0. The van der Waals surface area contributed by atoms with Gasteiger partial charge in [-0.25, -0.2) is 0 Å². The molecule has 0 spiro atoms. The van der Waals surface area contributed by atoms with Gasteiger partial charge in [-0.15, -0.1) is 0 Å². The quantitative estimate of drug-likeness (QED) is 0.262. The van der Waals surface area contributed by atoms with Crippen LogP contribution in [0.2, 0.25) is 0 Å². The largest absolute Gasteiger partial charge is 1.00 e. The van der Waals surface area contributed by atoms with E-state index >= 15 is 0 Å². The van der Waals surface area contributed by atoms with Crippen molar-refractivity contribution in [3.63, 3.8) is 0 Å². The summed E-state index contributed by atoms with van der Waals surface area (Å²) in [7, 11) is -4.67. The Bertz CT molecular complexity index is 156. The van der Waals surface area contributed by atoms with Crippen molar-refractivity contribution in [2.24, 2.45) is 0 Å². The third-order valence-electron chi connectivity index (χ3n) is 0. The van der Waals surface area contributed by atoms with E-state index in [4.69, 9.17) is 32.5 Å². The first-order chi connectivity index (χ1) is 3.73. The maximum Gasteiger partial charge on any atom is 1.00 e. The summed E-state index contributed by atoms with van der Waals surface area (Å²) in [6.45, 7) is 0. The van der Waals surface area contributed by atoms with Gasteiger partial charge in [0.2, 0.25) is 6.16 Å². The predicted molar refractivity (Wildman–Crippen MR) is 22.2 cm³/mol. The van der Waals surface area contributed by atoms with E-state index in [9.17, 15) is 0 Å². The Morgan fingerprint density at radius 2 is 1.30 bits per heavy atom. The molecule has 3 N–H and O–H groups in total. The monoisotopic (exact) mass is 198 g/mol. The molecule has 0 rings (SSSR count). The van der Waals surface area contributed by atoms with E-state index in [-0.39, 0.29) is 51.4 Å². The van der Waals surface area contributed by atoms with E-state index in [1.54, 1.807) is 0 Å². The second kappa shape index (κ2) is 7.88. The van der Waals surface area contributed by atoms with Crippen molar-refractivity contribution in [1.82, 2.24) is 0 Å². The Morgan fingerprint density at radius 3 is 1.30 bits per heavy atom. The van der Waals surface area contributed by atoms with Gasteiger partial charge in [-0.1, -0.05) is 0 Å². The van der Waals surface area contributed by atoms with Crippen molar-refractivity contribution in [3.05, 3.63) is 0 Å². The minimum atomic E-state index is -4.67. The SMILES string of the molecule is O=C([O-])O.O=S(=O)(O)O.[K+]. The van der Waals surface area contributed by atoms with Gasteiger partial charge in [0.1, 0.15) is 0 Å². The second-order valence-corrected chi connectivity index (χ2v) is 1.61. The molecule has 0 fully saturated rings. The van der Waals surface area contributed by atoms with Crippen LogP contribution in [-0.2, 0) is 10.4 Å². The van der Waals surface area contributed by atoms with Gasteiger partial charge in [0, 0.05) is 0 Å². The zero-order valence-electron chi connectivity index (χ0n) is 4.88. The van der Waals surface area contributed by atoms with Gasteiger partial charge in [0.15, 0.2) is 0 Å². The Balaban J connectivity index is -0.0000000910. The Morgan fingerprint density at radius 1 is 1.30 bits per heavy atom. The Labute approximate surface area is 99.0 Å². The number of rotatable bonds is 0. The molecule has 0 bridgehead atoms. The number of hydrogen-bond acceptors (Lipinski definition) is 4. The molecule has 0 unspecified atom stereocenters. The van der Waals surface area contributed by atoms with Gasteiger partial charge in [0.25, 0.3) is 0 Å². The number of carbonyl (C=O) groups is 1. The smallest absolute Gasteiger partial charge is 0.565 e. The van der Waals surface area contributed by atoms with E-state index in [1.165, 1.54) is 0 Å². The fourth-order valence-electron chi connectivity index (χ4n) is 0. The van der Waals surface area contributed by atoms with Gasteiger partial charge >= 0.3 is 61.8 Å². The summed E-state index contributed by atoms with van der Waals surface area (Å²) in [6, 6.07) is 0. The summed E-state index contributed by atoms with van der Waals surface area (Å²) in [5.41, 5.74) is 0. The van der Waals surface area contributed by atoms with Crippen molar-refractivity contribution in [1.29, 1.82) is 0 Å². The maximum atomic E-state index is 8.74. The van der Waals surface area contributed by atoms with E-state index in [0.717, 1.165) is 0 Å². The molecule has 0 heterocycles. The van der Waals surface area contributed by atoms with Crippen LogP contribution in [0, 0.1) is 0 Å². The van der Waals surface area contributed by atoms with Crippen molar-refractivity contribution in [2.45, 2.75) is 0 Å². The molecule has 0 aliphatic rings. The molecule has 0 aromatic heterocycles. The molecule has 7 nitrogen and oxygen atoms in total. The molecule has 0 aliphatic heterocycles. The van der Waals surface area contributed by atoms with Crippen LogP contribution in [0.5, 0.6) is 0 Å². The van der Waals surface area contributed by atoms with Crippen LogP contribution in [0.25, 0.3) is 0 Å². The third-order valence-corrected chi connectivity index (χ3v) is 0. The van der Waals surface area contributed by atoms with Gasteiger partial charge in [0.05, 0.1) is 0 Å². The van der Waals surface area contributed by atoms with E-state index in [1.807, 2.05) is 0 Å². The average Bonchev–Trinajstić information content (AvgIpc) is 1.19. The molecule has 56 valence electrons. The topological polar surface area (TPSA) is 135 Å². The maximum absolute atomic E-state index is 8.74. The van der Waals surface area contributed by atoms with Gasteiger partial charge in [-0.3, -0.25) is 9.11 Å². The fraction of sp³-hybridized carbons (Fsp3) is 0. The van der Waals surface area contributed by atoms with Crippen molar-refractivity contribution in [3.8, 4) is 0 Å². The van der Waals surface area contributed by atoms with Crippen LogP contribution >= 0.6 is 0 Å². The summed E-state index contributed by atoms with van der Waals surface area (Å²) in [4.78, 5) is 8.44. The molecule has 0 atom stereocenters. The number of hydrogen-bond donors (Lipinski definition) is 3. The molecule has 0 aromatic rings. The summed E-state index contributed by atoms with van der Waals surface area (Å²) >= 11 is 0. The average molecular weight is 198 g/mol. The molecule has 10 heavy (non-hydrogen) atoms. The first-order valence-corrected chi connectivity index (χ1v) is 2.73. The van der Waals surface area contributed by atoms with Crippen LogP contribution < -0.4 is 56.5 Å². The first-order valence-electron chi connectivity index (χ1n) is 1.33. The summed E-state index contributed by atoms with van der Waals surface area (Å²) in [6.07, 6.45) is -2.08. The molecule has 0 aromatic carbocycles. The molecule has 0 radical (unpaired) electrons. The molecule has 0 saturated carbocycles. The summed E-state index contributed by atoms with van der Waals surface area (Å²) < 4.78 is 31.6. The second-order valence-electron chi connectivity index (χ2n) is 0.714. The summed E-state index contributed by atoms with van der Waals surface area (Å²) in [5.74, 6) is 0. The van der Waals surface area contributed by atoms with E-state index in [0.29, 0.717) is 0 Å². The van der Waals surface area contributed by atoms with Crippen LogP contribution in [-0.4, -0.2) is 28.8 Å². The van der Waals surface area contributed by atoms with Crippen LogP contribution in [0.1, 0.15) is 0 Å². The van der Waals surface area contributed by atoms with Gasteiger partial charge in [-0.05, 0) is 0 Å². The van der Waals surface area contributed by atoms with Crippen molar-refractivity contribution in [2.75, 3.05) is 0 Å². The van der Waals surface area contributed by atoms with E-state index in [2.05, 4.69) is 0 Å². The normalized spacial score (nSPS) is 8.20. The molecule has 9 heteroatoms. The molecule has 0 saturated heterocycles. The fourth-order valence-corrected chi connectivity index (χ4v) is 0. The molecule has 0 aliphatic carbocycles. The van der Waals surface area contributed by atoms with Crippen LogP contribution in [0.15, 0.2) is 0 Å². The predicted octanol–water partition coefficient (Wildman–Crippen LogP) is -4.76. The number of carboxylic acid groups (broad SMARTS) is 2. The minimum Gasteiger partial charge on any atom is -0.565 e. The Hall–Kier alpha value is 0.776. The van der Waals surface area contributed by atoms with Gasteiger partial charge in [-0.2, -0.15) is 8.42 Å². The molecule has 0 amide bonds.